The SMILES string of the molecule is COc1ccc(OC)c(C(NN)c2ccnc(Cl)c2)c1. The average Bonchev–Trinajstić information content (AvgIpc) is 2.48. The van der Waals surface area contributed by atoms with E-state index in [0.29, 0.717) is 10.9 Å². The molecule has 0 aliphatic carbocycles. The van der Waals surface area contributed by atoms with Gasteiger partial charge < -0.3 is 9.47 Å². The molecule has 0 bridgehead atoms. The third-order valence-corrected chi connectivity index (χ3v) is 3.21. The molecule has 1 aromatic carbocycles. The number of methoxy groups -OCH3 is 2. The molecular weight excluding hydrogens is 278 g/mol. The van der Waals surface area contributed by atoms with Crippen molar-refractivity contribution in [2.24, 2.45) is 5.84 Å². The smallest absolute Gasteiger partial charge is 0.129 e. The number of ether oxygens (including phenoxy) is 2. The van der Waals surface area contributed by atoms with E-state index >= 15 is 0 Å². The van der Waals surface area contributed by atoms with Gasteiger partial charge in [-0.3, -0.25) is 5.84 Å². The van der Waals surface area contributed by atoms with Gasteiger partial charge in [-0.05, 0) is 35.9 Å². The first kappa shape index (κ1) is 14.6. The van der Waals surface area contributed by atoms with Crippen LogP contribution in [0.2, 0.25) is 5.15 Å². The fourth-order valence-electron chi connectivity index (χ4n) is 2.03. The summed E-state index contributed by atoms with van der Waals surface area (Å²) in [5, 5.41) is 0.407. The molecule has 0 aliphatic rings. The minimum atomic E-state index is -0.277. The van der Waals surface area contributed by atoms with Crippen molar-refractivity contribution in [2.45, 2.75) is 6.04 Å². The Labute approximate surface area is 122 Å². The maximum absolute atomic E-state index is 5.93. The summed E-state index contributed by atoms with van der Waals surface area (Å²) >= 11 is 5.93. The van der Waals surface area contributed by atoms with Crippen LogP contribution in [0, 0.1) is 0 Å². The number of halogens is 1. The average molecular weight is 294 g/mol. The van der Waals surface area contributed by atoms with Crippen LogP contribution in [0.15, 0.2) is 36.5 Å². The van der Waals surface area contributed by atoms with Gasteiger partial charge in [0.05, 0.1) is 20.3 Å². The van der Waals surface area contributed by atoms with Crippen molar-refractivity contribution in [3.05, 3.63) is 52.8 Å². The second-order valence-corrected chi connectivity index (χ2v) is 4.51. The molecule has 5 nitrogen and oxygen atoms in total. The molecule has 2 aromatic rings. The highest BCUT2D eigenvalue weighted by Gasteiger charge is 2.18. The molecular formula is C14H16ClN3O2. The molecule has 3 N–H and O–H groups in total. The second kappa shape index (κ2) is 6.56. The quantitative estimate of drug-likeness (QED) is 0.503. The van der Waals surface area contributed by atoms with Gasteiger partial charge in [0, 0.05) is 11.8 Å². The van der Waals surface area contributed by atoms with Crippen LogP contribution in [0.25, 0.3) is 0 Å². The zero-order valence-electron chi connectivity index (χ0n) is 11.3. The van der Waals surface area contributed by atoms with Crippen LogP contribution >= 0.6 is 11.6 Å². The molecule has 1 heterocycles. The highest BCUT2D eigenvalue weighted by atomic mass is 35.5. The maximum atomic E-state index is 5.93. The van der Waals surface area contributed by atoms with Crippen LogP contribution in [0.4, 0.5) is 0 Å². The second-order valence-electron chi connectivity index (χ2n) is 4.12. The van der Waals surface area contributed by atoms with Gasteiger partial charge >= 0.3 is 0 Å². The molecule has 106 valence electrons. The van der Waals surface area contributed by atoms with Gasteiger partial charge in [-0.15, -0.1) is 0 Å². The molecule has 1 unspecified atom stereocenters. The molecule has 20 heavy (non-hydrogen) atoms. The molecule has 0 fully saturated rings. The first-order chi connectivity index (χ1) is 9.69. The van der Waals surface area contributed by atoms with Crippen LogP contribution in [-0.2, 0) is 0 Å². The normalized spacial score (nSPS) is 12.0. The van der Waals surface area contributed by atoms with Crippen LogP contribution in [0.3, 0.4) is 0 Å². The Hall–Kier alpha value is -1.82. The number of hydrogen-bond donors (Lipinski definition) is 2. The highest BCUT2D eigenvalue weighted by Crippen LogP contribution is 2.33. The lowest BCUT2D eigenvalue weighted by molar-refractivity contribution is 0.394. The summed E-state index contributed by atoms with van der Waals surface area (Å²) in [7, 11) is 3.22. The number of nitrogens with zero attached hydrogens (tertiary/aromatic N) is 1. The minimum absolute atomic E-state index is 0.277. The summed E-state index contributed by atoms with van der Waals surface area (Å²) in [5.41, 5.74) is 4.51. The van der Waals surface area contributed by atoms with Gasteiger partial charge in [0.25, 0.3) is 0 Å². The Kier molecular flexibility index (Phi) is 4.79. The van der Waals surface area contributed by atoms with E-state index in [0.717, 1.165) is 16.9 Å². The Bertz CT molecular complexity index is 592. The van der Waals surface area contributed by atoms with Crippen molar-refractivity contribution in [3.8, 4) is 11.5 Å². The van der Waals surface area contributed by atoms with Crippen molar-refractivity contribution >= 4 is 11.6 Å². The molecule has 2 rings (SSSR count). The van der Waals surface area contributed by atoms with Crippen molar-refractivity contribution in [1.82, 2.24) is 10.4 Å². The maximum Gasteiger partial charge on any atom is 0.129 e. The van der Waals surface area contributed by atoms with E-state index in [1.165, 1.54) is 0 Å². The van der Waals surface area contributed by atoms with E-state index in [2.05, 4.69) is 10.4 Å². The van der Waals surface area contributed by atoms with Crippen LogP contribution in [0.5, 0.6) is 11.5 Å². The monoisotopic (exact) mass is 293 g/mol. The number of hydrazine groups is 1. The number of rotatable bonds is 5. The Morgan fingerprint density at radius 1 is 1.20 bits per heavy atom. The fraction of sp³-hybridized carbons (Fsp3) is 0.214. The number of hydrogen-bond acceptors (Lipinski definition) is 5. The molecule has 0 spiro atoms. The Morgan fingerprint density at radius 3 is 2.60 bits per heavy atom. The number of benzene rings is 1. The molecule has 0 radical (unpaired) electrons. The van der Waals surface area contributed by atoms with Gasteiger partial charge in [-0.2, -0.15) is 0 Å². The number of pyridine rings is 1. The lowest BCUT2D eigenvalue weighted by Gasteiger charge is -2.20. The molecule has 0 saturated carbocycles. The summed E-state index contributed by atoms with van der Waals surface area (Å²) in [5.74, 6) is 7.13. The number of aromatic nitrogens is 1. The zero-order chi connectivity index (χ0) is 14.5. The largest absolute Gasteiger partial charge is 0.497 e. The third-order valence-electron chi connectivity index (χ3n) is 3.00. The Balaban J connectivity index is 2.50. The van der Waals surface area contributed by atoms with E-state index in [4.69, 9.17) is 26.9 Å². The molecule has 0 saturated heterocycles. The first-order valence-corrected chi connectivity index (χ1v) is 6.37. The molecule has 1 aromatic heterocycles. The van der Waals surface area contributed by atoms with Gasteiger partial charge in [-0.25, -0.2) is 10.4 Å². The van der Waals surface area contributed by atoms with E-state index in [1.54, 1.807) is 26.5 Å². The van der Waals surface area contributed by atoms with E-state index in [1.807, 2.05) is 24.3 Å². The minimum Gasteiger partial charge on any atom is -0.497 e. The Morgan fingerprint density at radius 2 is 2.00 bits per heavy atom. The van der Waals surface area contributed by atoms with E-state index in [-0.39, 0.29) is 6.04 Å². The van der Waals surface area contributed by atoms with Gasteiger partial charge in [0.2, 0.25) is 0 Å². The van der Waals surface area contributed by atoms with Crippen LogP contribution in [0.1, 0.15) is 17.2 Å². The van der Waals surface area contributed by atoms with Crippen LogP contribution in [-0.4, -0.2) is 19.2 Å². The van der Waals surface area contributed by atoms with Crippen molar-refractivity contribution in [2.75, 3.05) is 14.2 Å². The summed E-state index contributed by atoms with van der Waals surface area (Å²) in [6.45, 7) is 0. The predicted octanol–water partition coefficient (Wildman–Crippen LogP) is 2.30. The lowest BCUT2D eigenvalue weighted by Crippen LogP contribution is -2.29. The zero-order valence-corrected chi connectivity index (χ0v) is 12.0. The van der Waals surface area contributed by atoms with Gasteiger partial charge in [0.15, 0.2) is 0 Å². The summed E-state index contributed by atoms with van der Waals surface area (Å²) in [6.07, 6.45) is 1.63. The number of nitrogens with one attached hydrogen (secondary N) is 1. The number of nitrogens with two attached hydrogens (primary N) is 1. The highest BCUT2D eigenvalue weighted by molar-refractivity contribution is 6.29. The molecule has 0 amide bonds. The third kappa shape index (κ3) is 3.01. The molecule has 1 atom stereocenters. The topological polar surface area (TPSA) is 69.4 Å². The van der Waals surface area contributed by atoms with Crippen molar-refractivity contribution in [3.63, 3.8) is 0 Å². The summed E-state index contributed by atoms with van der Waals surface area (Å²) in [4.78, 5) is 3.97. The summed E-state index contributed by atoms with van der Waals surface area (Å²) in [6, 6.07) is 8.86. The van der Waals surface area contributed by atoms with Crippen LogP contribution < -0.4 is 20.7 Å². The predicted molar refractivity (Wildman–Crippen MR) is 78.0 cm³/mol. The van der Waals surface area contributed by atoms with E-state index < -0.39 is 0 Å². The van der Waals surface area contributed by atoms with Gasteiger partial charge in [-0.1, -0.05) is 11.6 Å². The van der Waals surface area contributed by atoms with Crippen molar-refractivity contribution in [1.29, 1.82) is 0 Å². The molecule has 6 heteroatoms. The standard InChI is InChI=1S/C14H16ClN3O2/c1-19-10-3-4-12(20-2)11(8-10)14(18-16)9-5-6-17-13(15)7-9/h3-8,14,18H,16H2,1-2H3. The van der Waals surface area contributed by atoms with E-state index in [9.17, 15) is 0 Å². The lowest BCUT2D eigenvalue weighted by atomic mass is 9.99. The van der Waals surface area contributed by atoms with Gasteiger partial charge in [0.1, 0.15) is 16.7 Å². The first-order valence-electron chi connectivity index (χ1n) is 5.99. The molecule has 0 aliphatic heterocycles. The fourth-order valence-corrected chi connectivity index (χ4v) is 2.21. The van der Waals surface area contributed by atoms with Crippen molar-refractivity contribution < 1.29 is 9.47 Å². The summed E-state index contributed by atoms with van der Waals surface area (Å²) < 4.78 is 10.6.